The minimum Gasteiger partial charge on any atom is -0.394 e. The Labute approximate surface area is 113 Å². The minimum atomic E-state index is -0.600. The fraction of sp³-hybridized carbons (Fsp3) is 0.467. The van der Waals surface area contributed by atoms with Crippen molar-refractivity contribution in [2.45, 2.75) is 25.4 Å². The Balaban J connectivity index is 2.22. The van der Waals surface area contributed by atoms with Crippen LogP contribution in [0.15, 0.2) is 30.5 Å². The molecule has 4 nitrogen and oxygen atoms in total. The van der Waals surface area contributed by atoms with E-state index in [1.54, 1.807) is 0 Å². The zero-order valence-corrected chi connectivity index (χ0v) is 11.6. The van der Waals surface area contributed by atoms with Crippen molar-refractivity contribution in [2.24, 2.45) is 7.05 Å². The zero-order chi connectivity index (χ0) is 13.9. The Hall–Kier alpha value is -1.36. The lowest BCUT2D eigenvalue weighted by Gasteiger charge is -2.29. The van der Waals surface area contributed by atoms with Gasteiger partial charge >= 0.3 is 0 Å². The maximum absolute atomic E-state index is 9.45. The summed E-state index contributed by atoms with van der Waals surface area (Å²) in [4.78, 5) is 0. The molecule has 104 valence electrons. The lowest BCUT2D eigenvalue weighted by atomic mass is 9.98. The first-order valence-corrected chi connectivity index (χ1v) is 6.65. The summed E-state index contributed by atoms with van der Waals surface area (Å²) in [5, 5.41) is 23.4. The SMILES string of the molecule is CCC(CO)(CO)NCc1cn(C)c2ccccc12. The standard InChI is InChI=1S/C15H22N2O2/c1-3-15(10-18,11-19)16-8-12-9-17(2)14-7-5-4-6-13(12)14/h4-7,9,16,18-19H,3,8,10-11H2,1-2H3. The molecule has 0 unspecified atom stereocenters. The minimum absolute atomic E-state index is 0.0647. The summed E-state index contributed by atoms with van der Waals surface area (Å²) in [5.74, 6) is 0. The van der Waals surface area contributed by atoms with Gasteiger partial charge in [-0.3, -0.25) is 0 Å². The van der Waals surface area contributed by atoms with E-state index in [0.29, 0.717) is 13.0 Å². The van der Waals surface area contributed by atoms with E-state index < -0.39 is 5.54 Å². The van der Waals surface area contributed by atoms with Crippen LogP contribution in [0.25, 0.3) is 10.9 Å². The molecule has 0 aliphatic rings. The molecule has 0 amide bonds. The number of hydrogen-bond donors (Lipinski definition) is 3. The van der Waals surface area contributed by atoms with Gasteiger partial charge in [0.05, 0.1) is 18.8 Å². The normalized spacial score (nSPS) is 12.2. The summed E-state index contributed by atoms with van der Waals surface area (Å²) in [6.45, 7) is 2.47. The summed E-state index contributed by atoms with van der Waals surface area (Å²) < 4.78 is 2.10. The summed E-state index contributed by atoms with van der Waals surface area (Å²) in [5.41, 5.74) is 1.77. The lowest BCUT2D eigenvalue weighted by Crippen LogP contribution is -2.50. The molecule has 2 aromatic rings. The molecule has 1 aromatic carbocycles. The van der Waals surface area contributed by atoms with E-state index in [1.165, 1.54) is 16.5 Å². The second kappa shape index (κ2) is 5.74. The molecule has 0 bridgehead atoms. The van der Waals surface area contributed by atoms with Gasteiger partial charge < -0.3 is 20.1 Å². The van der Waals surface area contributed by atoms with Crippen LogP contribution in [-0.4, -0.2) is 33.5 Å². The fourth-order valence-corrected chi connectivity index (χ4v) is 2.36. The van der Waals surface area contributed by atoms with Crippen molar-refractivity contribution < 1.29 is 10.2 Å². The molecule has 0 aliphatic carbocycles. The number of aromatic nitrogens is 1. The summed E-state index contributed by atoms with van der Waals surface area (Å²) in [6.07, 6.45) is 2.78. The highest BCUT2D eigenvalue weighted by molar-refractivity contribution is 5.83. The largest absolute Gasteiger partial charge is 0.394 e. The second-order valence-electron chi connectivity index (χ2n) is 5.09. The van der Waals surface area contributed by atoms with Gasteiger partial charge in [-0.05, 0) is 18.1 Å². The molecule has 2 rings (SSSR count). The van der Waals surface area contributed by atoms with Crippen molar-refractivity contribution in [1.29, 1.82) is 0 Å². The Bertz CT molecular complexity index is 536. The number of benzene rings is 1. The van der Waals surface area contributed by atoms with Crippen LogP contribution in [0, 0.1) is 0 Å². The molecule has 0 aliphatic heterocycles. The molecule has 0 spiro atoms. The Morgan fingerprint density at radius 2 is 1.89 bits per heavy atom. The highest BCUT2D eigenvalue weighted by atomic mass is 16.3. The Morgan fingerprint density at radius 3 is 2.53 bits per heavy atom. The fourth-order valence-electron chi connectivity index (χ4n) is 2.36. The number of aliphatic hydroxyl groups is 2. The first kappa shape index (κ1) is 14.1. The van der Waals surface area contributed by atoms with E-state index in [0.717, 1.165) is 0 Å². The number of rotatable bonds is 6. The van der Waals surface area contributed by atoms with Gasteiger partial charge in [0.2, 0.25) is 0 Å². The zero-order valence-electron chi connectivity index (χ0n) is 11.6. The number of nitrogens with zero attached hydrogens (tertiary/aromatic N) is 1. The van der Waals surface area contributed by atoms with Crippen LogP contribution < -0.4 is 5.32 Å². The van der Waals surface area contributed by atoms with Gasteiger partial charge in [-0.2, -0.15) is 0 Å². The number of hydrogen-bond acceptors (Lipinski definition) is 3. The van der Waals surface area contributed by atoms with Crippen LogP contribution in [0.3, 0.4) is 0 Å². The number of aryl methyl sites for hydroxylation is 1. The number of fused-ring (bicyclic) bond motifs is 1. The molecule has 0 saturated carbocycles. The van der Waals surface area contributed by atoms with Crippen LogP contribution in [-0.2, 0) is 13.6 Å². The van der Waals surface area contributed by atoms with Gasteiger partial charge in [0, 0.05) is 30.7 Å². The van der Waals surface area contributed by atoms with Crippen LogP contribution >= 0.6 is 0 Å². The van der Waals surface area contributed by atoms with Crippen molar-refractivity contribution in [3.8, 4) is 0 Å². The number of aliphatic hydroxyl groups excluding tert-OH is 2. The quantitative estimate of drug-likeness (QED) is 0.737. The van der Waals surface area contributed by atoms with Gasteiger partial charge in [0.1, 0.15) is 0 Å². The molecular formula is C15H22N2O2. The smallest absolute Gasteiger partial charge is 0.0648 e. The van der Waals surface area contributed by atoms with E-state index in [1.807, 2.05) is 26.1 Å². The van der Waals surface area contributed by atoms with Gasteiger partial charge in [-0.25, -0.2) is 0 Å². The van der Waals surface area contributed by atoms with E-state index in [2.05, 4.69) is 28.2 Å². The maximum Gasteiger partial charge on any atom is 0.0648 e. The molecular weight excluding hydrogens is 240 g/mol. The summed E-state index contributed by atoms with van der Waals surface area (Å²) in [7, 11) is 2.02. The van der Waals surface area contributed by atoms with Gasteiger partial charge in [0.25, 0.3) is 0 Å². The third kappa shape index (κ3) is 2.66. The van der Waals surface area contributed by atoms with Crippen molar-refractivity contribution >= 4 is 10.9 Å². The topological polar surface area (TPSA) is 57.4 Å². The average Bonchev–Trinajstić information content (AvgIpc) is 2.78. The van der Waals surface area contributed by atoms with E-state index in [-0.39, 0.29) is 13.2 Å². The van der Waals surface area contributed by atoms with Crippen molar-refractivity contribution in [3.05, 3.63) is 36.0 Å². The molecule has 1 aromatic heterocycles. The molecule has 4 heteroatoms. The van der Waals surface area contributed by atoms with E-state index in [9.17, 15) is 10.2 Å². The Kier molecular flexibility index (Phi) is 4.24. The number of para-hydroxylation sites is 1. The van der Waals surface area contributed by atoms with Crippen LogP contribution in [0.1, 0.15) is 18.9 Å². The average molecular weight is 262 g/mol. The highest BCUT2D eigenvalue weighted by Gasteiger charge is 2.25. The van der Waals surface area contributed by atoms with Crippen LogP contribution in [0.4, 0.5) is 0 Å². The van der Waals surface area contributed by atoms with Gasteiger partial charge in [-0.15, -0.1) is 0 Å². The second-order valence-corrected chi connectivity index (χ2v) is 5.09. The first-order valence-electron chi connectivity index (χ1n) is 6.65. The molecule has 0 radical (unpaired) electrons. The number of nitrogens with one attached hydrogen (secondary N) is 1. The van der Waals surface area contributed by atoms with E-state index >= 15 is 0 Å². The van der Waals surface area contributed by atoms with Gasteiger partial charge in [-0.1, -0.05) is 25.1 Å². The molecule has 0 atom stereocenters. The monoisotopic (exact) mass is 262 g/mol. The molecule has 19 heavy (non-hydrogen) atoms. The molecule has 3 N–H and O–H groups in total. The highest BCUT2D eigenvalue weighted by Crippen LogP contribution is 2.21. The molecule has 1 heterocycles. The molecule has 0 saturated heterocycles. The summed E-state index contributed by atoms with van der Waals surface area (Å²) >= 11 is 0. The van der Waals surface area contributed by atoms with E-state index in [4.69, 9.17) is 0 Å². The third-order valence-corrected chi connectivity index (χ3v) is 3.92. The summed E-state index contributed by atoms with van der Waals surface area (Å²) in [6, 6.07) is 8.23. The third-order valence-electron chi connectivity index (χ3n) is 3.92. The van der Waals surface area contributed by atoms with Crippen LogP contribution in [0.5, 0.6) is 0 Å². The van der Waals surface area contributed by atoms with Crippen LogP contribution in [0.2, 0.25) is 0 Å². The predicted octanol–water partition coefficient (Wildman–Crippen LogP) is 1.40. The predicted molar refractivity (Wildman–Crippen MR) is 77.0 cm³/mol. The van der Waals surface area contributed by atoms with Crippen molar-refractivity contribution in [2.75, 3.05) is 13.2 Å². The van der Waals surface area contributed by atoms with Crippen molar-refractivity contribution in [3.63, 3.8) is 0 Å². The van der Waals surface area contributed by atoms with Gasteiger partial charge in [0.15, 0.2) is 0 Å². The first-order chi connectivity index (χ1) is 9.15. The molecule has 0 fully saturated rings. The maximum atomic E-state index is 9.45. The Morgan fingerprint density at radius 1 is 1.21 bits per heavy atom. The van der Waals surface area contributed by atoms with Crippen molar-refractivity contribution in [1.82, 2.24) is 9.88 Å². The lowest BCUT2D eigenvalue weighted by molar-refractivity contribution is 0.0865.